The van der Waals surface area contributed by atoms with Gasteiger partial charge in [-0.15, -0.1) is 0 Å². The van der Waals surface area contributed by atoms with E-state index < -0.39 is 0 Å². The minimum absolute atomic E-state index is 0.393. The van der Waals surface area contributed by atoms with Crippen LogP contribution in [0.3, 0.4) is 0 Å². The minimum Gasteiger partial charge on any atom is -0.311 e. The van der Waals surface area contributed by atoms with E-state index in [1.165, 1.54) is 31.0 Å². The molecule has 3 unspecified atom stereocenters. The van der Waals surface area contributed by atoms with E-state index in [2.05, 4.69) is 27.9 Å². The van der Waals surface area contributed by atoms with Crippen molar-refractivity contribution in [2.24, 2.45) is 17.8 Å². The van der Waals surface area contributed by atoms with E-state index in [0.717, 1.165) is 17.5 Å². The Labute approximate surface area is 102 Å². The molecular weight excluding hydrogens is 218 g/mol. The molecule has 3 nitrogen and oxygen atoms in total. The van der Waals surface area contributed by atoms with Crippen LogP contribution >= 0.6 is 11.7 Å². The zero-order valence-corrected chi connectivity index (χ0v) is 11.1. The predicted octanol–water partition coefficient (Wildman–Crippen LogP) is 2.87. The topological polar surface area (TPSA) is 37.8 Å². The molecular formula is C12H21N3S. The fraction of sp³-hybridized carbons (Fsp3) is 0.833. The molecule has 0 radical (unpaired) electrons. The second kappa shape index (κ2) is 5.23. The van der Waals surface area contributed by atoms with Gasteiger partial charge >= 0.3 is 0 Å². The van der Waals surface area contributed by atoms with E-state index in [0.29, 0.717) is 12.0 Å². The molecule has 1 aliphatic rings. The SMILES string of the molecule is CNC(c1cnsn1)C1CC(C)CC(C)C1. The van der Waals surface area contributed by atoms with Crippen molar-refractivity contribution in [3.05, 3.63) is 11.9 Å². The van der Waals surface area contributed by atoms with Crippen molar-refractivity contribution < 1.29 is 0 Å². The molecule has 1 N–H and O–H groups in total. The van der Waals surface area contributed by atoms with E-state index in [9.17, 15) is 0 Å². The van der Waals surface area contributed by atoms with E-state index in [4.69, 9.17) is 0 Å². The summed E-state index contributed by atoms with van der Waals surface area (Å²) in [7, 11) is 2.04. The summed E-state index contributed by atoms with van der Waals surface area (Å²) >= 11 is 1.31. The van der Waals surface area contributed by atoms with Gasteiger partial charge < -0.3 is 5.32 Å². The van der Waals surface area contributed by atoms with E-state index in [-0.39, 0.29) is 0 Å². The maximum absolute atomic E-state index is 4.38. The van der Waals surface area contributed by atoms with Crippen LogP contribution < -0.4 is 5.32 Å². The first-order chi connectivity index (χ1) is 7.70. The number of rotatable bonds is 3. The second-order valence-corrected chi connectivity index (χ2v) is 5.83. The molecule has 1 aliphatic carbocycles. The molecule has 4 heteroatoms. The summed E-state index contributed by atoms with van der Waals surface area (Å²) in [6.45, 7) is 4.74. The van der Waals surface area contributed by atoms with Gasteiger partial charge in [0.1, 0.15) is 0 Å². The first-order valence-corrected chi connectivity index (χ1v) is 6.88. The summed E-state index contributed by atoms with van der Waals surface area (Å²) in [4.78, 5) is 0. The molecule has 90 valence electrons. The van der Waals surface area contributed by atoms with Gasteiger partial charge in [-0.1, -0.05) is 13.8 Å². The molecule has 1 fully saturated rings. The molecule has 1 aromatic heterocycles. The van der Waals surface area contributed by atoms with Crippen LogP contribution in [0.1, 0.15) is 44.8 Å². The van der Waals surface area contributed by atoms with Crippen molar-refractivity contribution >= 4 is 11.7 Å². The normalized spacial score (nSPS) is 32.6. The Morgan fingerprint density at radius 2 is 2.00 bits per heavy atom. The Kier molecular flexibility index (Phi) is 3.92. The average molecular weight is 239 g/mol. The highest BCUT2D eigenvalue weighted by molar-refractivity contribution is 6.99. The third kappa shape index (κ3) is 2.61. The van der Waals surface area contributed by atoms with Crippen LogP contribution in [0.25, 0.3) is 0 Å². The molecule has 0 amide bonds. The Morgan fingerprint density at radius 1 is 1.31 bits per heavy atom. The van der Waals surface area contributed by atoms with Gasteiger partial charge in [0.2, 0.25) is 0 Å². The highest BCUT2D eigenvalue weighted by Gasteiger charge is 2.31. The van der Waals surface area contributed by atoms with Crippen molar-refractivity contribution in [2.75, 3.05) is 7.05 Å². The van der Waals surface area contributed by atoms with E-state index >= 15 is 0 Å². The minimum atomic E-state index is 0.393. The van der Waals surface area contributed by atoms with Gasteiger partial charge in [-0.25, -0.2) is 0 Å². The van der Waals surface area contributed by atoms with Crippen LogP contribution in [-0.4, -0.2) is 15.8 Å². The molecule has 16 heavy (non-hydrogen) atoms. The van der Waals surface area contributed by atoms with Gasteiger partial charge in [-0.2, -0.15) is 8.75 Å². The number of hydrogen-bond acceptors (Lipinski definition) is 4. The molecule has 0 aliphatic heterocycles. The average Bonchev–Trinajstić information content (AvgIpc) is 2.70. The summed E-state index contributed by atoms with van der Waals surface area (Å²) in [5.41, 5.74) is 1.12. The molecule has 1 aromatic rings. The lowest BCUT2D eigenvalue weighted by molar-refractivity contribution is 0.179. The van der Waals surface area contributed by atoms with Crippen LogP contribution in [-0.2, 0) is 0 Å². The summed E-state index contributed by atoms with van der Waals surface area (Å²) in [6.07, 6.45) is 5.92. The van der Waals surface area contributed by atoms with Gasteiger partial charge in [-0.05, 0) is 44.1 Å². The Morgan fingerprint density at radius 3 is 2.50 bits per heavy atom. The number of nitrogens with one attached hydrogen (secondary N) is 1. The maximum Gasteiger partial charge on any atom is 0.0914 e. The molecule has 0 spiro atoms. The highest BCUT2D eigenvalue weighted by Crippen LogP contribution is 2.39. The molecule has 0 saturated heterocycles. The van der Waals surface area contributed by atoms with Crippen LogP contribution in [0.15, 0.2) is 6.20 Å². The maximum atomic E-state index is 4.38. The van der Waals surface area contributed by atoms with Crippen molar-refractivity contribution in [1.29, 1.82) is 0 Å². The largest absolute Gasteiger partial charge is 0.311 e. The van der Waals surface area contributed by atoms with Crippen molar-refractivity contribution in [3.63, 3.8) is 0 Å². The zero-order chi connectivity index (χ0) is 11.5. The van der Waals surface area contributed by atoms with Gasteiger partial charge in [0.05, 0.1) is 29.7 Å². The molecule has 1 heterocycles. The Bertz CT molecular complexity index is 302. The molecule has 0 bridgehead atoms. The standard InChI is InChI=1S/C12H21N3S/c1-8-4-9(2)6-10(5-8)12(13-3)11-7-14-16-15-11/h7-10,12-13H,4-6H2,1-3H3. The van der Waals surface area contributed by atoms with Crippen LogP contribution in [0, 0.1) is 17.8 Å². The summed E-state index contributed by atoms with van der Waals surface area (Å²) in [6, 6.07) is 0.393. The smallest absolute Gasteiger partial charge is 0.0914 e. The lowest BCUT2D eigenvalue weighted by Gasteiger charge is -2.35. The third-order valence-electron chi connectivity index (χ3n) is 3.69. The summed E-state index contributed by atoms with van der Waals surface area (Å²) in [5, 5.41) is 3.42. The first-order valence-electron chi connectivity index (χ1n) is 6.15. The van der Waals surface area contributed by atoms with Crippen LogP contribution in [0.4, 0.5) is 0 Å². The van der Waals surface area contributed by atoms with Gasteiger partial charge in [0.15, 0.2) is 0 Å². The number of hydrogen-bond donors (Lipinski definition) is 1. The van der Waals surface area contributed by atoms with Gasteiger partial charge in [0.25, 0.3) is 0 Å². The van der Waals surface area contributed by atoms with Crippen molar-refractivity contribution in [3.8, 4) is 0 Å². The van der Waals surface area contributed by atoms with Crippen molar-refractivity contribution in [2.45, 2.75) is 39.2 Å². The Hall–Kier alpha value is -0.480. The van der Waals surface area contributed by atoms with Crippen molar-refractivity contribution in [1.82, 2.24) is 14.1 Å². The first kappa shape index (κ1) is 12.0. The Balaban J connectivity index is 2.09. The second-order valence-electron chi connectivity index (χ2n) is 5.28. The third-order valence-corrected chi connectivity index (χ3v) is 4.19. The lowest BCUT2D eigenvalue weighted by Crippen LogP contribution is -2.31. The fourth-order valence-electron chi connectivity index (χ4n) is 3.22. The monoisotopic (exact) mass is 239 g/mol. The van der Waals surface area contributed by atoms with Crippen LogP contribution in [0.5, 0.6) is 0 Å². The molecule has 0 aromatic carbocycles. The van der Waals surface area contributed by atoms with E-state index in [1.54, 1.807) is 0 Å². The quantitative estimate of drug-likeness (QED) is 0.881. The summed E-state index contributed by atoms with van der Waals surface area (Å²) < 4.78 is 8.50. The number of aromatic nitrogens is 2. The van der Waals surface area contributed by atoms with Crippen LogP contribution in [0.2, 0.25) is 0 Å². The predicted molar refractivity (Wildman–Crippen MR) is 67.4 cm³/mol. The molecule has 3 atom stereocenters. The van der Waals surface area contributed by atoms with E-state index in [1.807, 2.05) is 13.2 Å². The van der Waals surface area contributed by atoms with Gasteiger partial charge in [-0.3, -0.25) is 0 Å². The van der Waals surface area contributed by atoms with Gasteiger partial charge in [0, 0.05) is 0 Å². The fourth-order valence-corrected chi connectivity index (χ4v) is 3.67. The lowest BCUT2D eigenvalue weighted by atomic mass is 9.73. The number of nitrogens with zero attached hydrogens (tertiary/aromatic N) is 2. The zero-order valence-electron chi connectivity index (χ0n) is 10.3. The molecule has 1 saturated carbocycles. The summed E-state index contributed by atoms with van der Waals surface area (Å²) in [5.74, 6) is 2.40. The highest BCUT2D eigenvalue weighted by atomic mass is 32.1. The molecule has 2 rings (SSSR count).